The predicted molar refractivity (Wildman–Crippen MR) is 36.5 cm³/mol. The van der Waals surface area contributed by atoms with Gasteiger partial charge in [0.05, 0.1) is 0 Å². The fourth-order valence-electron chi connectivity index (χ4n) is 1.35. The van der Waals surface area contributed by atoms with Crippen molar-refractivity contribution in [2.45, 2.75) is 39.5 Å². The van der Waals surface area contributed by atoms with Gasteiger partial charge in [0.25, 0.3) is 0 Å². The summed E-state index contributed by atoms with van der Waals surface area (Å²) in [5.74, 6) is 2.64. The van der Waals surface area contributed by atoms with E-state index in [1.165, 1.54) is 25.7 Å². The van der Waals surface area contributed by atoms with Crippen LogP contribution in [0.25, 0.3) is 0 Å². The van der Waals surface area contributed by atoms with Crippen LogP contribution in [0.5, 0.6) is 0 Å². The first-order chi connectivity index (χ1) is 3.80. The van der Waals surface area contributed by atoms with Gasteiger partial charge in [-0.3, -0.25) is 0 Å². The van der Waals surface area contributed by atoms with Crippen LogP contribution in [0.3, 0.4) is 0 Å². The molecule has 1 fully saturated rings. The van der Waals surface area contributed by atoms with Crippen molar-refractivity contribution >= 4 is 0 Å². The molecular formula is C8H15Y-. The first-order valence-electron chi connectivity index (χ1n) is 3.63. The Kier molecular flexibility index (Phi) is 5.44. The summed E-state index contributed by atoms with van der Waals surface area (Å²) in [7, 11) is 0. The Labute approximate surface area is 83.7 Å². The molecular weight excluding hydrogens is 185 g/mol. The monoisotopic (exact) mass is 200 g/mol. The first kappa shape index (κ1) is 10.1. The van der Waals surface area contributed by atoms with Crippen molar-refractivity contribution in [2.75, 3.05) is 0 Å². The average molecular weight is 200 g/mol. The van der Waals surface area contributed by atoms with E-state index in [-0.39, 0.29) is 32.7 Å². The van der Waals surface area contributed by atoms with Gasteiger partial charge in [-0.15, -0.1) is 0 Å². The average Bonchev–Trinajstić information content (AvgIpc) is 1.77. The molecule has 0 spiro atoms. The van der Waals surface area contributed by atoms with Gasteiger partial charge < -0.3 is 5.92 Å². The van der Waals surface area contributed by atoms with Crippen LogP contribution in [0, 0.1) is 11.8 Å². The van der Waals surface area contributed by atoms with Crippen LogP contribution >= 0.6 is 0 Å². The van der Waals surface area contributed by atoms with E-state index in [1.54, 1.807) is 5.92 Å². The molecule has 1 heteroatoms. The molecule has 0 aromatic rings. The Bertz CT molecular complexity index is 61.0. The van der Waals surface area contributed by atoms with Gasteiger partial charge in [-0.2, -0.15) is 19.3 Å². The summed E-state index contributed by atoms with van der Waals surface area (Å²) in [5.41, 5.74) is 0. The molecule has 0 nitrogen and oxygen atoms in total. The SMILES string of the molecule is C[C-]1CCCCC1C.[Y]. The van der Waals surface area contributed by atoms with Crippen LogP contribution in [-0.4, -0.2) is 0 Å². The van der Waals surface area contributed by atoms with E-state index in [0.29, 0.717) is 0 Å². The normalized spacial score (nSPS) is 29.3. The molecule has 51 valence electrons. The number of rotatable bonds is 0. The van der Waals surface area contributed by atoms with Crippen molar-refractivity contribution in [3.05, 3.63) is 5.92 Å². The second kappa shape index (κ2) is 4.85. The molecule has 1 saturated carbocycles. The maximum absolute atomic E-state index is 2.34. The summed E-state index contributed by atoms with van der Waals surface area (Å²) in [6.07, 6.45) is 5.72. The van der Waals surface area contributed by atoms with Crippen molar-refractivity contribution in [1.82, 2.24) is 0 Å². The smallest absolute Gasteiger partial charge is 0 e. The summed E-state index contributed by atoms with van der Waals surface area (Å²) in [4.78, 5) is 0. The molecule has 0 amide bonds. The second-order valence-electron chi connectivity index (χ2n) is 2.99. The molecule has 0 bridgehead atoms. The summed E-state index contributed by atoms with van der Waals surface area (Å²) in [6.45, 7) is 4.64. The summed E-state index contributed by atoms with van der Waals surface area (Å²) in [6, 6.07) is 0. The van der Waals surface area contributed by atoms with Crippen molar-refractivity contribution in [3.8, 4) is 0 Å². The maximum atomic E-state index is 2.34. The molecule has 0 aromatic carbocycles. The van der Waals surface area contributed by atoms with Gasteiger partial charge in [-0.1, -0.05) is 26.2 Å². The van der Waals surface area contributed by atoms with E-state index in [2.05, 4.69) is 13.8 Å². The number of hydrogen-bond donors (Lipinski definition) is 0. The molecule has 9 heavy (non-hydrogen) atoms. The molecule has 1 aliphatic rings. The minimum absolute atomic E-state index is 0. The molecule has 1 aliphatic carbocycles. The minimum Gasteiger partial charge on any atom is -0.314 e. The van der Waals surface area contributed by atoms with Crippen molar-refractivity contribution in [1.29, 1.82) is 0 Å². The van der Waals surface area contributed by atoms with E-state index in [0.717, 1.165) is 5.92 Å². The third kappa shape index (κ3) is 3.14. The molecule has 1 unspecified atom stereocenters. The fraction of sp³-hybridized carbons (Fsp3) is 0.875. The zero-order chi connectivity index (χ0) is 5.98. The third-order valence-corrected chi connectivity index (χ3v) is 2.30. The fourth-order valence-corrected chi connectivity index (χ4v) is 1.35. The van der Waals surface area contributed by atoms with E-state index < -0.39 is 0 Å². The van der Waals surface area contributed by atoms with E-state index in [9.17, 15) is 0 Å². The van der Waals surface area contributed by atoms with Gasteiger partial charge in [0.15, 0.2) is 0 Å². The minimum atomic E-state index is 0. The molecule has 1 atom stereocenters. The standard InChI is InChI=1S/C8H15.Y/c1-7-5-3-4-6-8(7)2;/h7H,3-6H2,1-2H3;/q-1;. The Morgan fingerprint density at radius 3 is 2.33 bits per heavy atom. The summed E-state index contributed by atoms with van der Waals surface area (Å²) in [5, 5.41) is 0. The first-order valence-corrected chi connectivity index (χ1v) is 3.63. The molecule has 1 radical (unpaired) electrons. The van der Waals surface area contributed by atoms with Crippen molar-refractivity contribution < 1.29 is 32.7 Å². The molecule has 0 saturated heterocycles. The van der Waals surface area contributed by atoms with Crippen LogP contribution in [-0.2, 0) is 32.7 Å². The van der Waals surface area contributed by atoms with Gasteiger partial charge in [0, 0.05) is 32.7 Å². The Morgan fingerprint density at radius 2 is 2.00 bits per heavy atom. The topological polar surface area (TPSA) is 0 Å². The molecule has 0 heterocycles. The Morgan fingerprint density at radius 1 is 1.33 bits per heavy atom. The zero-order valence-corrected chi connectivity index (χ0v) is 9.32. The van der Waals surface area contributed by atoms with Crippen molar-refractivity contribution in [3.63, 3.8) is 0 Å². The summed E-state index contributed by atoms with van der Waals surface area (Å²) >= 11 is 0. The van der Waals surface area contributed by atoms with E-state index >= 15 is 0 Å². The number of hydrogen-bond acceptors (Lipinski definition) is 0. The zero-order valence-electron chi connectivity index (χ0n) is 6.48. The second-order valence-corrected chi connectivity index (χ2v) is 2.99. The van der Waals surface area contributed by atoms with E-state index in [4.69, 9.17) is 0 Å². The maximum Gasteiger partial charge on any atom is 0 e. The molecule has 0 aromatic heterocycles. The van der Waals surface area contributed by atoms with Gasteiger partial charge in [-0.25, -0.2) is 0 Å². The Hall–Kier alpha value is 1.10. The van der Waals surface area contributed by atoms with Crippen LogP contribution < -0.4 is 0 Å². The van der Waals surface area contributed by atoms with E-state index in [1.807, 2.05) is 0 Å². The largest absolute Gasteiger partial charge is 0.314 e. The van der Waals surface area contributed by atoms with Crippen LogP contribution in [0.2, 0.25) is 0 Å². The quantitative estimate of drug-likeness (QED) is 0.527. The predicted octanol–water partition coefficient (Wildman–Crippen LogP) is 2.79. The third-order valence-electron chi connectivity index (χ3n) is 2.30. The van der Waals surface area contributed by atoms with Crippen molar-refractivity contribution in [2.24, 2.45) is 5.92 Å². The van der Waals surface area contributed by atoms with Crippen LogP contribution in [0.1, 0.15) is 39.5 Å². The molecule has 1 rings (SSSR count). The van der Waals surface area contributed by atoms with Crippen LogP contribution in [0.15, 0.2) is 0 Å². The van der Waals surface area contributed by atoms with Crippen LogP contribution in [0.4, 0.5) is 0 Å². The van der Waals surface area contributed by atoms with Gasteiger partial charge >= 0.3 is 0 Å². The Balaban J connectivity index is 0.000000640. The van der Waals surface area contributed by atoms with Gasteiger partial charge in [0.2, 0.25) is 0 Å². The molecule has 0 aliphatic heterocycles. The van der Waals surface area contributed by atoms with Gasteiger partial charge in [-0.05, 0) is 0 Å². The molecule has 0 N–H and O–H groups in total. The summed E-state index contributed by atoms with van der Waals surface area (Å²) < 4.78 is 0. The van der Waals surface area contributed by atoms with Gasteiger partial charge in [0.1, 0.15) is 0 Å².